The van der Waals surface area contributed by atoms with Gasteiger partial charge in [0, 0.05) is 10.6 Å². The van der Waals surface area contributed by atoms with E-state index in [2.05, 4.69) is 5.32 Å². The summed E-state index contributed by atoms with van der Waals surface area (Å²) in [5.74, 6) is -2.17. The second-order valence-corrected chi connectivity index (χ2v) is 7.50. The van der Waals surface area contributed by atoms with E-state index in [4.69, 9.17) is 23.2 Å². The topological polar surface area (TPSA) is 49.3 Å². The number of hydrogen-bond acceptors (Lipinski definition) is 2. The fraction of sp³-hybridized carbons (Fsp3) is 0.471. The molecule has 0 saturated heterocycles. The van der Waals surface area contributed by atoms with Crippen LogP contribution in [0.2, 0.25) is 10.0 Å². The Morgan fingerprint density at radius 2 is 1.84 bits per heavy atom. The first-order chi connectivity index (χ1) is 11.5. The van der Waals surface area contributed by atoms with Gasteiger partial charge in [-0.25, -0.2) is 0 Å². The summed E-state index contributed by atoms with van der Waals surface area (Å²) in [6, 6.07) is 3.08. The van der Waals surface area contributed by atoms with Gasteiger partial charge in [-0.05, 0) is 50.3 Å². The van der Waals surface area contributed by atoms with E-state index < -0.39 is 23.5 Å². The lowest BCUT2D eigenvalue weighted by molar-refractivity contribution is -0.184. The third-order valence-electron chi connectivity index (χ3n) is 5.07. The quantitative estimate of drug-likeness (QED) is 0.689. The van der Waals surface area contributed by atoms with Crippen LogP contribution in [0.3, 0.4) is 0 Å². The van der Waals surface area contributed by atoms with Gasteiger partial charge in [0.2, 0.25) is 0 Å². The predicted molar refractivity (Wildman–Crippen MR) is 89.6 cm³/mol. The number of nitrogens with one attached hydrogen (secondary N) is 1. The summed E-state index contributed by atoms with van der Waals surface area (Å²) in [4.78, 5) is 12.5. The van der Waals surface area contributed by atoms with Crippen LogP contribution in [0.5, 0.6) is 0 Å². The number of alkyl halides is 3. The Hall–Kier alpha value is -1.40. The number of aryl methyl sites for hydroxylation is 1. The van der Waals surface area contributed by atoms with Gasteiger partial charge in [0.05, 0.1) is 22.1 Å². The largest absolute Gasteiger partial charge is 0.509 e. The van der Waals surface area contributed by atoms with Crippen molar-refractivity contribution in [3.63, 3.8) is 0 Å². The fourth-order valence-electron chi connectivity index (χ4n) is 3.74. The second kappa shape index (κ2) is 6.09. The molecule has 136 valence electrons. The van der Waals surface area contributed by atoms with Crippen molar-refractivity contribution in [2.75, 3.05) is 0 Å². The highest BCUT2D eigenvalue weighted by Crippen LogP contribution is 2.48. The highest BCUT2D eigenvalue weighted by Gasteiger charge is 2.52. The first kappa shape index (κ1) is 18.4. The maximum absolute atomic E-state index is 12.9. The standard InChI is InChI=1S/C17H16Cl2F3NO2/c1-8-6-10(18)7-11(19)12(8)13-14(24)16(23-15(13)25)4-2-9(3-5-16)17(20,21)22/h6-7,9,24H,2-5H2,1H3,(H,23,25). The number of amides is 1. The normalized spacial score (nSPS) is 27.1. The van der Waals surface area contributed by atoms with Crippen molar-refractivity contribution in [3.05, 3.63) is 39.1 Å². The molecule has 2 aliphatic rings. The lowest BCUT2D eigenvalue weighted by Gasteiger charge is -2.37. The molecule has 3 nitrogen and oxygen atoms in total. The van der Waals surface area contributed by atoms with Crippen LogP contribution in [0.15, 0.2) is 17.9 Å². The SMILES string of the molecule is Cc1cc(Cl)cc(Cl)c1C1=C(O)C2(CCC(C(F)(F)F)CC2)NC1=O. The molecule has 1 aliphatic carbocycles. The van der Waals surface area contributed by atoms with E-state index in [0.717, 1.165) is 0 Å². The molecular formula is C17H16Cl2F3NO2. The molecule has 1 spiro atoms. The van der Waals surface area contributed by atoms with Crippen LogP contribution in [-0.4, -0.2) is 22.7 Å². The summed E-state index contributed by atoms with van der Waals surface area (Å²) in [5, 5.41) is 14.0. The van der Waals surface area contributed by atoms with Crippen molar-refractivity contribution in [2.24, 2.45) is 5.92 Å². The number of rotatable bonds is 1. The molecule has 1 heterocycles. The molecule has 0 aromatic heterocycles. The van der Waals surface area contributed by atoms with Gasteiger partial charge in [-0.1, -0.05) is 23.2 Å². The van der Waals surface area contributed by atoms with Gasteiger partial charge in [0.15, 0.2) is 0 Å². The smallest absolute Gasteiger partial charge is 0.391 e. The molecule has 1 aliphatic heterocycles. The summed E-state index contributed by atoms with van der Waals surface area (Å²) in [6.07, 6.45) is -4.49. The zero-order valence-corrected chi connectivity index (χ0v) is 14.8. The Morgan fingerprint density at radius 3 is 2.36 bits per heavy atom. The first-order valence-corrected chi connectivity index (χ1v) is 8.60. The maximum Gasteiger partial charge on any atom is 0.391 e. The number of carbonyl (C=O) groups excluding carboxylic acids is 1. The Labute approximate surface area is 152 Å². The minimum absolute atomic E-state index is 0.0182. The molecule has 25 heavy (non-hydrogen) atoms. The molecule has 0 bridgehead atoms. The van der Waals surface area contributed by atoms with E-state index >= 15 is 0 Å². The van der Waals surface area contributed by atoms with E-state index in [-0.39, 0.29) is 42.0 Å². The number of hydrogen-bond donors (Lipinski definition) is 2. The molecule has 1 aromatic carbocycles. The van der Waals surface area contributed by atoms with Crippen LogP contribution in [-0.2, 0) is 4.79 Å². The molecule has 1 aromatic rings. The average molecular weight is 394 g/mol. The summed E-state index contributed by atoms with van der Waals surface area (Å²) in [6.45, 7) is 1.70. The van der Waals surface area contributed by atoms with Crippen LogP contribution in [0, 0.1) is 12.8 Å². The summed E-state index contributed by atoms with van der Waals surface area (Å²) in [7, 11) is 0. The van der Waals surface area contributed by atoms with Crippen LogP contribution in [0.1, 0.15) is 36.8 Å². The van der Waals surface area contributed by atoms with Crippen molar-refractivity contribution < 1.29 is 23.1 Å². The summed E-state index contributed by atoms with van der Waals surface area (Å²) >= 11 is 12.1. The van der Waals surface area contributed by atoms with Crippen molar-refractivity contribution in [1.29, 1.82) is 0 Å². The number of benzene rings is 1. The molecule has 1 saturated carbocycles. The Balaban J connectivity index is 1.99. The maximum atomic E-state index is 12.9. The molecule has 0 atom stereocenters. The van der Waals surface area contributed by atoms with Crippen molar-refractivity contribution in [3.8, 4) is 0 Å². The van der Waals surface area contributed by atoms with Gasteiger partial charge in [-0.2, -0.15) is 13.2 Å². The van der Waals surface area contributed by atoms with Crippen LogP contribution >= 0.6 is 23.2 Å². The van der Waals surface area contributed by atoms with E-state index in [0.29, 0.717) is 16.1 Å². The van der Waals surface area contributed by atoms with Crippen LogP contribution in [0.25, 0.3) is 5.57 Å². The average Bonchev–Trinajstić information content (AvgIpc) is 2.70. The molecule has 8 heteroatoms. The summed E-state index contributed by atoms with van der Waals surface area (Å²) in [5.41, 5.74) is -0.167. The minimum Gasteiger partial charge on any atom is -0.509 e. The van der Waals surface area contributed by atoms with Crippen LogP contribution < -0.4 is 5.32 Å². The molecule has 1 amide bonds. The van der Waals surface area contributed by atoms with Crippen molar-refractivity contribution in [1.82, 2.24) is 5.32 Å². The van der Waals surface area contributed by atoms with Gasteiger partial charge in [-0.3, -0.25) is 4.79 Å². The van der Waals surface area contributed by atoms with E-state index in [9.17, 15) is 23.1 Å². The number of carbonyl (C=O) groups is 1. The molecule has 0 unspecified atom stereocenters. The Morgan fingerprint density at radius 1 is 1.24 bits per heavy atom. The molecule has 2 N–H and O–H groups in total. The minimum atomic E-state index is -4.26. The van der Waals surface area contributed by atoms with Gasteiger partial charge < -0.3 is 10.4 Å². The monoisotopic (exact) mass is 393 g/mol. The highest BCUT2D eigenvalue weighted by atomic mass is 35.5. The second-order valence-electron chi connectivity index (χ2n) is 6.66. The van der Waals surface area contributed by atoms with Gasteiger partial charge in [0.1, 0.15) is 5.76 Å². The van der Waals surface area contributed by atoms with Crippen molar-refractivity contribution in [2.45, 2.75) is 44.3 Å². The molecular weight excluding hydrogens is 378 g/mol. The van der Waals surface area contributed by atoms with Gasteiger partial charge in [0.25, 0.3) is 5.91 Å². The van der Waals surface area contributed by atoms with Gasteiger partial charge >= 0.3 is 6.18 Å². The Kier molecular flexibility index (Phi) is 4.48. The zero-order chi connectivity index (χ0) is 18.6. The lowest BCUT2D eigenvalue weighted by atomic mass is 9.75. The number of halogens is 5. The van der Waals surface area contributed by atoms with E-state index in [1.807, 2.05) is 0 Å². The van der Waals surface area contributed by atoms with Crippen molar-refractivity contribution >= 4 is 34.7 Å². The fourth-order valence-corrected chi connectivity index (χ4v) is 4.43. The third kappa shape index (κ3) is 3.10. The first-order valence-electron chi connectivity index (χ1n) is 7.84. The predicted octanol–water partition coefficient (Wildman–Crippen LogP) is 5.19. The Bertz CT molecular complexity index is 743. The van der Waals surface area contributed by atoms with E-state index in [1.54, 1.807) is 13.0 Å². The lowest BCUT2D eigenvalue weighted by Crippen LogP contribution is -2.48. The molecule has 1 fully saturated rings. The summed E-state index contributed by atoms with van der Waals surface area (Å²) < 4.78 is 38.7. The number of aliphatic hydroxyl groups excluding tert-OH is 1. The zero-order valence-electron chi connectivity index (χ0n) is 13.3. The molecule has 3 rings (SSSR count). The van der Waals surface area contributed by atoms with E-state index in [1.165, 1.54) is 6.07 Å². The third-order valence-corrected chi connectivity index (χ3v) is 5.59. The number of aliphatic hydroxyl groups is 1. The highest BCUT2D eigenvalue weighted by molar-refractivity contribution is 6.38. The molecule has 0 radical (unpaired) electrons. The van der Waals surface area contributed by atoms with Gasteiger partial charge in [-0.15, -0.1) is 0 Å². The van der Waals surface area contributed by atoms with Crippen LogP contribution in [0.4, 0.5) is 13.2 Å².